The normalized spacial score (nSPS) is 20.7. The molecule has 0 bridgehead atoms. The van der Waals surface area contributed by atoms with Crippen molar-refractivity contribution in [1.82, 2.24) is 4.90 Å². The van der Waals surface area contributed by atoms with E-state index < -0.39 is 0 Å². The minimum Gasteiger partial charge on any atom is -0.300 e. The summed E-state index contributed by atoms with van der Waals surface area (Å²) < 4.78 is 0. The third kappa shape index (κ3) is 2.80. The Morgan fingerprint density at radius 3 is 2.31 bits per heavy atom. The van der Waals surface area contributed by atoms with Crippen LogP contribution in [0.1, 0.15) is 46.5 Å². The van der Waals surface area contributed by atoms with Crippen LogP contribution in [0.25, 0.3) is 0 Å². The van der Waals surface area contributed by atoms with Gasteiger partial charge in [0, 0.05) is 31.5 Å². The van der Waals surface area contributed by atoms with Gasteiger partial charge in [0.15, 0.2) is 0 Å². The maximum Gasteiger partial charge on any atom is 0.135 e. The zero-order valence-corrected chi connectivity index (χ0v) is 9.10. The SMILES string of the molecule is CCCC(C)(C)N1CCC(=O)CC1. The Hall–Kier alpha value is -0.370. The van der Waals surface area contributed by atoms with Gasteiger partial charge in [-0.05, 0) is 20.3 Å². The second-order valence-electron chi connectivity index (χ2n) is 4.59. The molecular formula is C11H21NO. The van der Waals surface area contributed by atoms with Crippen molar-refractivity contribution in [3.63, 3.8) is 0 Å². The summed E-state index contributed by atoms with van der Waals surface area (Å²) in [6.07, 6.45) is 3.96. The maximum atomic E-state index is 11.1. The highest BCUT2D eigenvalue weighted by atomic mass is 16.1. The van der Waals surface area contributed by atoms with Crippen molar-refractivity contribution >= 4 is 5.78 Å². The minimum absolute atomic E-state index is 0.287. The zero-order chi connectivity index (χ0) is 9.90. The van der Waals surface area contributed by atoms with Gasteiger partial charge in [0.2, 0.25) is 0 Å². The summed E-state index contributed by atoms with van der Waals surface area (Å²) >= 11 is 0. The molecule has 0 aromatic carbocycles. The highest BCUT2D eigenvalue weighted by molar-refractivity contribution is 5.79. The standard InChI is InChI=1S/C11H21NO/c1-4-7-11(2,3)12-8-5-10(13)6-9-12/h4-9H2,1-3H3. The van der Waals surface area contributed by atoms with E-state index in [-0.39, 0.29) is 5.54 Å². The van der Waals surface area contributed by atoms with Crippen molar-refractivity contribution in [2.45, 2.75) is 52.0 Å². The molecule has 0 unspecified atom stereocenters. The van der Waals surface area contributed by atoms with Gasteiger partial charge in [0.1, 0.15) is 5.78 Å². The third-order valence-electron chi connectivity index (χ3n) is 3.04. The van der Waals surface area contributed by atoms with E-state index in [4.69, 9.17) is 0 Å². The molecular weight excluding hydrogens is 162 g/mol. The lowest BCUT2D eigenvalue weighted by Gasteiger charge is -2.40. The van der Waals surface area contributed by atoms with Crippen molar-refractivity contribution < 1.29 is 4.79 Å². The Bertz CT molecular complexity index is 177. The molecule has 76 valence electrons. The fourth-order valence-electron chi connectivity index (χ4n) is 2.13. The number of carbonyl (C=O) groups excluding carboxylic acids is 1. The second kappa shape index (κ2) is 4.23. The van der Waals surface area contributed by atoms with Gasteiger partial charge in [-0.15, -0.1) is 0 Å². The lowest BCUT2D eigenvalue weighted by molar-refractivity contribution is -0.122. The largest absolute Gasteiger partial charge is 0.300 e. The molecule has 1 heterocycles. The number of ketones is 1. The van der Waals surface area contributed by atoms with Crippen LogP contribution >= 0.6 is 0 Å². The number of Topliss-reactive ketones (excluding diaryl/α,β-unsaturated/α-hetero) is 1. The van der Waals surface area contributed by atoms with Gasteiger partial charge >= 0.3 is 0 Å². The van der Waals surface area contributed by atoms with Crippen LogP contribution < -0.4 is 0 Å². The Morgan fingerprint density at radius 1 is 1.31 bits per heavy atom. The zero-order valence-electron chi connectivity index (χ0n) is 9.10. The fraction of sp³-hybridized carbons (Fsp3) is 0.909. The van der Waals surface area contributed by atoms with Crippen molar-refractivity contribution in [3.05, 3.63) is 0 Å². The van der Waals surface area contributed by atoms with Gasteiger partial charge < -0.3 is 0 Å². The number of rotatable bonds is 3. The van der Waals surface area contributed by atoms with Gasteiger partial charge in [-0.25, -0.2) is 0 Å². The van der Waals surface area contributed by atoms with Crippen LogP contribution in [0.15, 0.2) is 0 Å². The molecule has 1 fully saturated rings. The third-order valence-corrected chi connectivity index (χ3v) is 3.04. The maximum absolute atomic E-state index is 11.1. The molecule has 1 aliphatic rings. The van der Waals surface area contributed by atoms with Crippen molar-refractivity contribution in [3.8, 4) is 0 Å². The van der Waals surface area contributed by atoms with E-state index in [1.165, 1.54) is 12.8 Å². The minimum atomic E-state index is 0.287. The van der Waals surface area contributed by atoms with E-state index >= 15 is 0 Å². The van der Waals surface area contributed by atoms with Crippen molar-refractivity contribution in [1.29, 1.82) is 0 Å². The molecule has 2 nitrogen and oxygen atoms in total. The summed E-state index contributed by atoms with van der Waals surface area (Å²) in [5.41, 5.74) is 0.287. The number of hydrogen-bond acceptors (Lipinski definition) is 2. The average Bonchev–Trinajstić information content (AvgIpc) is 2.05. The van der Waals surface area contributed by atoms with E-state index in [0.717, 1.165) is 25.9 Å². The van der Waals surface area contributed by atoms with Crippen LogP contribution in [0, 0.1) is 0 Å². The summed E-state index contributed by atoms with van der Waals surface area (Å²) in [4.78, 5) is 13.5. The van der Waals surface area contributed by atoms with Crippen molar-refractivity contribution in [2.75, 3.05) is 13.1 Å². The molecule has 2 heteroatoms. The number of likely N-dealkylation sites (tertiary alicyclic amines) is 1. The lowest BCUT2D eigenvalue weighted by atomic mass is 9.93. The second-order valence-corrected chi connectivity index (χ2v) is 4.59. The summed E-state index contributed by atoms with van der Waals surface area (Å²) in [7, 11) is 0. The molecule has 0 N–H and O–H groups in total. The first-order chi connectivity index (χ1) is 6.06. The van der Waals surface area contributed by atoms with E-state index in [1.54, 1.807) is 0 Å². The van der Waals surface area contributed by atoms with Crippen LogP contribution in [-0.4, -0.2) is 29.3 Å². The summed E-state index contributed by atoms with van der Waals surface area (Å²) in [5, 5.41) is 0. The molecule has 0 radical (unpaired) electrons. The summed E-state index contributed by atoms with van der Waals surface area (Å²) in [6, 6.07) is 0. The lowest BCUT2D eigenvalue weighted by Crippen LogP contribution is -2.48. The van der Waals surface area contributed by atoms with Crippen LogP contribution in [0.5, 0.6) is 0 Å². The van der Waals surface area contributed by atoms with E-state index in [2.05, 4.69) is 25.7 Å². The molecule has 1 aliphatic heterocycles. The Labute approximate surface area is 81.3 Å². The first-order valence-corrected chi connectivity index (χ1v) is 5.33. The molecule has 0 aromatic rings. The fourth-order valence-corrected chi connectivity index (χ4v) is 2.13. The van der Waals surface area contributed by atoms with E-state index in [9.17, 15) is 4.79 Å². The van der Waals surface area contributed by atoms with Gasteiger partial charge in [0.05, 0.1) is 0 Å². The molecule has 0 amide bonds. The predicted octanol–water partition coefficient (Wildman–Crippen LogP) is 2.23. The highest BCUT2D eigenvalue weighted by Crippen LogP contribution is 2.23. The van der Waals surface area contributed by atoms with Crippen LogP contribution in [0.4, 0.5) is 0 Å². The highest BCUT2D eigenvalue weighted by Gasteiger charge is 2.28. The van der Waals surface area contributed by atoms with Gasteiger partial charge in [-0.2, -0.15) is 0 Å². The van der Waals surface area contributed by atoms with Crippen LogP contribution in [-0.2, 0) is 4.79 Å². The molecule has 0 saturated carbocycles. The quantitative estimate of drug-likeness (QED) is 0.668. The van der Waals surface area contributed by atoms with Crippen molar-refractivity contribution in [2.24, 2.45) is 0 Å². The monoisotopic (exact) mass is 183 g/mol. The Balaban J connectivity index is 2.47. The van der Waals surface area contributed by atoms with Crippen LogP contribution in [0.2, 0.25) is 0 Å². The molecule has 0 aliphatic carbocycles. The Morgan fingerprint density at radius 2 is 1.85 bits per heavy atom. The first-order valence-electron chi connectivity index (χ1n) is 5.33. The number of hydrogen-bond donors (Lipinski definition) is 0. The molecule has 13 heavy (non-hydrogen) atoms. The Kier molecular flexibility index (Phi) is 3.48. The molecule has 1 rings (SSSR count). The molecule has 0 spiro atoms. The smallest absolute Gasteiger partial charge is 0.135 e. The molecule has 0 atom stereocenters. The van der Waals surface area contributed by atoms with Gasteiger partial charge in [0.25, 0.3) is 0 Å². The van der Waals surface area contributed by atoms with E-state index in [1.807, 2.05) is 0 Å². The summed E-state index contributed by atoms with van der Waals surface area (Å²) in [5.74, 6) is 0.434. The number of carbonyl (C=O) groups is 1. The molecule has 0 aromatic heterocycles. The summed E-state index contributed by atoms with van der Waals surface area (Å²) in [6.45, 7) is 8.72. The topological polar surface area (TPSA) is 20.3 Å². The number of piperidine rings is 1. The predicted molar refractivity (Wildman–Crippen MR) is 54.8 cm³/mol. The van der Waals surface area contributed by atoms with Crippen LogP contribution in [0.3, 0.4) is 0 Å². The van der Waals surface area contributed by atoms with Gasteiger partial charge in [-0.3, -0.25) is 9.69 Å². The van der Waals surface area contributed by atoms with Gasteiger partial charge in [-0.1, -0.05) is 13.3 Å². The van der Waals surface area contributed by atoms with E-state index in [0.29, 0.717) is 5.78 Å². The number of nitrogens with zero attached hydrogens (tertiary/aromatic N) is 1. The average molecular weight is 183 g/mol. The molecule has 1 saturated heterocycles. The first kappa shape index (κ1) is 10.7.